The lowest BCUT2D eigenvalue weighted by molar-refractivity contribution is 0.0516. The van der Waals surface area contributed by atoms with Crippen LogP contribution in [-0.4, -0.2) is 31.1 Å². The average molecular weight is 292 g/mol. The Morgan fingerprint density at radius 1 is 1.19 bits per heavy atom. The van der Waals surface area contributed by atoms with Crippen LogP contribution in [0.15, 0.2) is 17.1 Å². The second kappa shape index (κ2) is 4.68. The number of nitrogens with zero attached hydrogens (tertiary/aromatic N) is 4. The van der Waals surface area contributed by atoms with Crippen LogP contribution >= 0.6 is 0 Å². The fourth-order valence-electron chi connectivity index (χ4n) is 1.82. The van der Waals surface area contributed by atoms with Crippen molar-refractivity contribution in [1.29, 1.82) is 0 Å². The topological polar surface area (TPSA) is 78.5 Å². The van der Waals surface area contributed by atoms with Gasteiger partial charge in [-0.05, 0) is 20.8 Å². The number of fused-ring (bicyclic) bond motifs is 1. The van der Waals surface area contributed by atoms with E-state index in [1.807, 2.05) is 20.8 Å². The van der Waals surface area contributed by atoms with Crippen molar-refractivity contribution in [2.75, 3.05) is 0 Å². The van der Waals surface area contributed by atoms with Crippen molar-refractivity contribution >= 4 is 11.7 Å². The van der Waals surface area contributed by atoms with Gasteiger partial charge in [-0.15, -0.1) is 4.68 Å². The monoisotopic (exact) mass is 292 g/mol. The lowest BCUT2D eigenvalue weighted by Crippen LogP contribution is -2.36. The van der Waals surface area contributed by atoms with Gasteiger partial charge in [-0.2, -0.15) is 14.7 Å². The summed E-state index contributed by atoms with van der Waals surface area (Å²) in [6, 6.07) is 1.55. The number of hydrogen-bond acceptors (Lipinski definition) is 5. The highest BCUT2D eigenvalue weighted by Gasteiger charge is 2.27. The molecule has 114 valence electrons. The van der Waals surface area contributed by atoms with E-state index in [1.54, 1.807) is 26.8 Å². The minimum Gasteiger partial charge on any atom is -0.442 e. The molecule has 0 aliphatic heterocycles. The maximum atomic E-state index is 12.4. The molecule has 0 atom stereocenters. The normalized spacial score (nSPS) is 12.7. The van der Waals surface area contributed by atoms with E-state index in [4.69, 9.17) is 4.74 Å². The predicted octanol–water partition coefficient (Wildman–Crippen LogP) is 1.97. The van der Waals surface area contributed by atoms with Crippen LogP contribution in [0, 0.1) is 0 Å². The van der Waals surface area contributed by atoms with Crippen molar-refractivity contribution in [3.05, 3.63) is 28.3 Å². The molecule has 0 saturated heterocycles. The van der Waals surface area contributed by atoms with Gasteiger partial charge in [0.25, 0.3) is 5.56 Å². The van der Waals surface area contributed by atoms with E-state index in [-0.39, 0.29) is 16.9 Å². The first-order valence-electron chi connectivity index (χ1n) is 6.71. The molecule has 0 bridgehead atoms. The lowest BCUT2D eigenvalue weighted by Gasteiger charge is -2.22. The summed E-state index contributed by atoms with van der Waals surface area (Å²) in [5, 5.41) is 8.16. The molecule has 0 aromatic carbocycles. The summed E-state index contributed by atoms with van der Waals surface area (Å²) >= 11 is 0. The van der Waals surface area contributed by atoms with Gasteiger partial charge in [-0.3, -0.25) is 4.79 Å². The molecule has 0 N–H and O–H groups in total. The summed E-state index contributed by atoms with van der Waals surface area (Å²) in [5.41, 5.74) is -0.962. The summed E-state index contributed by atoms with van der Waals surface area (Å²) in [4.78, 5) is 24.7. The second-order valence-electron chi connectivity index (χ2n) is 6.90. The lowest BCUT2D eigenvalue weighted by atomic mass is 9.93. The molecule has 0 fully saturated rings. The fourth-order valence-corrected chi connectivity index (χ4v) is 1.82. The molecule has 0 saturated carbocycles. The van der Waals surface area contributed by atoms with Crippen LogP contribution in [0.2, 0.25) is 0 Å². The molecule has 2 aromatic rings. The number of ether oxygens (including phenoxy) is 1. The molecule has 2 heterocycles. The van der Waals surface area contributed by atoms with Crippen LogP contribution in [0.3, 0.4) is 0 Å². The standard InChI is InChI=1S/C14H20N4O3/c1-13(2,3)10-11(19)17-9(7-8-15-17)18(16-10)12(20)21-14(4,5)6/h7-8H,1-6H3. The Morgan fingerprint density at radius 3 is 2.33 bits per heavy atom. The Kier molecular flexibility index (Phi) is 3.39. The van der Waals surface area contributed by atoms with E-state index in [0.717, 1.165) is 9.20 Å². The van der Waals surface area contributed by atoms with Crippen LogP contribution in [0.5, 0.6) is 0 Å². The van der Waals surface area contributed by atoms with Gasteiger partial charge in [-0.25, -0.2) is 4.79 Å². The largest absolute Gasteiger partial charge is 0.442 e. The summed E-state index contributed by atoms with van der Waals surface area (Å²) in [5.74, 6) is 0. The van der Waals surface area contributed by atoms with Crippen LogP contribution in [0.1, 0.15) is 47.2 Å². The van der Waals surface area contributed by atoms with E-state index in [1.165, 1.54) is 6.20 Å². The van der Waals surface area contributed by atoms with Crippen molar-refractivity contribution in [1.82, 2.24) is 19.4 Å². The third-order valence-electron chi connectivity index (χ3n) is 2.71. The molecule has 0 radical (unpaired) electrons. The molecule has 0 aliphatic rings. The fraction of sp³-hybridized carbons (Fsp3) is 0.571. The molecular formula is C14H20N4O3. The first-order valence-corrected chi connectivity index (χ1v) is 6.71. The molecule has 0 aliphatic carbocycles. The predicted molar refractivity (Wildman–Crippen MR) is 77.6 cm³/mol. The number of rotatable bonds is 0. The van der Waals surface area contributed by atoms with Gasteiger partial charge in [0.15, 0.2) is 5.65 Å². The summed E-state index contributed by atoms with van der Waals surface area (Å²) in [7, 11) is 0. The zero-order valence-electron chi connectivity index (χ0n) is 13.2. The highest BCUT2D eigenvalue weighted by Crippen LogP contribution is 2.17. The van der Waals surface area contributed by atoms with Gasteiger partial charge < -0.3 is 4.74 Å². The minimum atomic E-state index is -0.652. The zero-order valence-corrected chi connectivity index (χ0v) is 13.2. The van der Waals surface area contributed by atoms with Crippen molar-refractivity contribution in [2.24, 2.45) is 0 Å². The zero-order chi connectivity index (χ0) is 16.0. The summed E-state index contributed by atoms with van der Waals surface area (Å²) in [6.07, 6.45) is 0.810. The van der Waals surface area contributed by atoms with E-state index < -0.39 is 17.1 Å². The smallest absolute Gasteiger partial charge is 0.437 e. The molecule has 7 nitrogen and oxygen atoms in total. The first kappa shape index (κ1) is 15.2. The number of carbonyl (C=O) groups is 1. The van der Waals surface area contributed by atoms with E-state index in [2.05, 4.69) is 10.2 Å². The Morgan fingerprint density at radius 2 is 1.81 bits per heavy atom. The Bertz CT molecular complexity index is 744. The van der Waals surface area contributed by atoms with Crippen LogP contribution in [-0.2, 0) is 10.2 Å². The Labute approximate surface area is 122 Å². The molecule has 0 spiro atoms. The third kappa shape index (κ3) is 2.96. The third-order valence-corrected chi connectivity index (χ3v) is 2.71. The molecule has 0 unspecified atom stereocenters. The van der Waals surface area contributed by atoms with E-state index in [9.17, 15) is 9.59 Å². The molecule has 2 aromatic heterocycles. The molecule has 0 amide bonds. The average Bonchev–Trinajstić information content (AvgIpc) is 2.74. The minimum absolute atomic E-state index is 0.254. The number of aromatic nitrogens is 4. The van der Waals surface area contributed by atoms with Crippen molar-refractivity contribution in [2.45, 2.75) is 52.6 Å². The maximum absolute atomic E-state index is 12.4. The molecule has 21 heavy (non-hydrogen) atoms. The van der Waals surface area contributed by atoms with Crippen LogP contribution in [0.25, 0.3) is 5.65 Å². The van der Waals surface area contributed by atoms with Gasteiger partial charge in [0, 0.05) is 11.5 Å². The second-order valence-corrected chi connectivity index (χ2v) is 6.90. The first-order chi connectivity index (χ1) is 9.50. The molecule has 2 rings (SSSR count). The Hall–Kier alpha value is -2.18. The van der Waals surface area contributed by atoms with Gasteiger partial charge in [0.1, 0.15) is 11.3 Å². The summed E-state index contributed by atoms with van der Waals surface area (Å²) < 4.78 is 7.57. The number of hydrogen-bond donors (Lipinski definition) is 0. The van der Waals surface area contributed by atoms with Crippen molar-refractivity contribution in [3.8, 4) is 0 Å². The van der Waals surface area contributed by atoms with Gasteiger partial charge in [-0.1, -0.05) is 20.8 Å². The van der Waals surface area contributed by atoms with Crippen molar-refractivity contribution < 1.29 is 9.53 Å². The Balaban J connectivity index is 2.69. The molecular weight excluding hydrogens is 272 g/mol. The van der Waals surface area contributed by atoms with Gasteiger partial charge in [0.2, 0.25) is 0 Å². The van der Waals surface area contributed by atoms with E-state index >= 15 is 0 Å². The SMILES string of the molecule is CC(C)(C)OC(=O)n1nc(C(C)(C)C)c(=O)n2nccc12. The quantitative estimate of drug-likeness (QED) is 0.741. The summed E-state index contributed by atoms with van der Waals surface area (Å²) in [6.45, 7) is 10.9. The van der Waals surface area contributed by atoms with Crippen molar-refractivity contribution in [3.63, 3.8) is 0 Å². The number of carbonyl (C=O) groups excluding carboxylic acids is 1. The highest BCUT2D eigenvalue weighted by molar-refractivity contribution is 5.74. The maximum Gasteiger partial charge on any atom is 0.437 e. The highest BCUT2D eigenvalue weighted by atomic mass is 16.6. The molecule has 7 heteroatoms. The van der Waals surface area contributed by atoms with Gasteiger partial charge in [0.05, 0.1) is 6.20 Å². The van der Waals surface area contributed by atoms with Crippen LogP contribution < -0.4 is 5.56 Å². The van der Waals surface area contributed by atoms with Crippen LogP contribution in [0.4, 0.5) is 4.79 Å². The van der Waals surface area contributed by atoms with E-state index in [0.29, 0.717) is 0 Å². The van der Waals surface area contributed by atoms with Gasteiger partial charge >= 0.3 is 6.09 Å².